The molecule has 3 aromatic rings. The van der Waals surface area contributed by atoms with Crippen molar-refractivity contribution in [2.45, 2.75) is 32.1 Å². The Morgan fingerprint density at radius 3 is 2.62 bits per heavy atom. The van der Waals surface area contributed by atoms with E-state index in [-0.39, 0.29) is 12.7 Å². The monoisotopic (exact) mass is 386 g/mol. The van der Waals surface area contributed by atoms with Crippen molar-refractivity contribution in [2.24, 2.45) is 0 Å². The number of ether oxygens (including phenoxy) is 2. The average molecular weight is 386 g/mol. The fourth-order valence-electron chi connectivity index (χ4n) is 3.88. The van der Waals surface area contributed by atoms with Crippen molar-refractivity contribution in [3.63, 3.8) is 0 Å². The third-order valence-corrected chi connectivity index (χ3v) is 5.98. The molecule has 146 valence electrons. The maximum Gasteiger partial charge on any atom is 0.236 e. The molecule has 1 aromatic heterocycles. The highest BCUT2D eigenvalue weighted by atomic mass is 16.7. The molecule has 0 radical (unpaired) electrons. The minimum absolute atomic E-state index is 0.0259. The van der Waals surface area contributed by atoms with Crippen LogP contribution in [0, 0.1) is 13.8 Å². The number of hydrogen-bond acceptors (Lipinski definition) is 4. The molecule has 2 heterocycles. The van der Waals surface area contributed by atoms with E-state index in [1.807, 2.05) is 42.5 Å². The van der Waals surface area contributed by atoms with Gasteiger partial charge in [0.2, 0.25) is 12.7 Å². The first-order valence-electron chi connectivity index (χ1n) is 9.82. The van der Waals surface area contributed by atoms with Crippen LogP contribution in [0.3, 0.4) is 0 Å². The molecule has 5 rings (SSSR count). The number of aryl methyl sites for hydroxylation is 1. The fourth-order valence-corrected chi connectivity index (χ4v) is 3.88. The normalized spacial score (nSPS) is 15.8. The first kappa shape index (κ1) is 17.7. The van der Waals surface area contributed by atoms with Gasteiger partial charge in [-0.1, -0.05) is 30.3 Å². The summed E-state index contributed by atoms with van der Waals surface area (Å²) in [4.78, 5) is 17.8. The lowest BCUT2D eigenvalue weighted by atomic mass is 9.94. The van der Waals surface area contributed by atoms with Crippen LogP contribution in [0.2, 0.25) is 0 Å². The summed E-state index contributed by atoms with van der Waals surface area (Å²) in [6, 6.07) is 17.7. The molecule has 0 bridgehead atoms. The third kappa shape index (κ3) is 3.03. The van der Waals surface area contributed by atoms with Crippen LogP contribution in [-0.2, 0) is 10.2 Å². The van der Waals surface area contributed by atoms with Crippen LogP contribution in [0.1, 0.15) is 29.5 Å². The van der Waals surface area contributed by atoms with Gasteiger partial charge in [-0.2, -0.15) is 0 Å². The number of pyridine rings is 1. The summed E-state index contributed by atoms with van der Waals surface area (Å²) in [7, 11) is 0. The molecular weight excluding hydrogens is 364 g/mol. The lowest BCUT2D eigenvalue weighted by Gasteiger charge is -2.16. The number of amides is 1. The summed E-state index contributed by atoms with van der Waals surface area (Å²) in [5.41, 5.74) is 4.80. The zero-order chi connectivity index (χ0) is 20.0. The number of fused-ring (bicyclic) bond motifs is 1. The topological polar surface area (TPSA) is 60.5 Å². The van der Waals surface area contributed by atoms with E-state index in [0.29, 0.717) is 11.6 Å². The van der Waals surface area contributed by atoms with Gasteiger partial charge in [-0.25, -0.2) is 4.98 Å². The second-order valence-electron chi connectivity index (χ2n) is 7.76. The summed E-state index contributed by atoms with van der Waals surface area (Å²) in [5, 5.41) is 3.03. The van der Waals surface area contributed by atoms with Gasteiger partial charge in [0.15, 0.2) is 11.5 Å². The largest absolute Gasteiger partial charge is 0.454 e. The number of nitrogens with zero attached hydrogens (tertiary/aromatic N) is 1. The van der Waals surface area contributed by atoms with Crippen LogP contribution in [0.5, 0.6) is 11.5 Å². The number of aromatic nitrogens is 1. The molecule has 2 aliphatic rings. The summed E-state index contributed by atoms with van der Waals surface area (Å²) >= 11 is 0. The summed E-state index contributed by atoms with van der Waals surface area (Å²) in [5.74, 6) is 1.98. The van der Waals surface area contributed by atoms with Crippen molar-refractivity contribution in [3.05, 3.63) is 71.3 Å². The molecular formula is C24H22N2O3. The van der Waals surface area contributed by atoms with Gasteiger partial charge in [-0.15, -0.1) is 0 Å². The molecule has 1 N–H and O–H groups in total. The van der Waals surface area contributed by atoms with E-state index in [9.17, 15) is 4.79 Å². The number of hydrogen-bond donors (Lipinski definition) is 1. The van der Waals surface area contributed by atoms with Gasteiger partial charge < -0.3 is 14.8 Å². The lowest BCUT2D eigenvalue weighted by Crippen LogP contribution is -2.28. The number of benzene rings is 2. The minimum Gasteiger partial charge on any atom is -0.454 e. The van der Waals surface area contributed by atoms with E-state index in [1.165, 1.54) is 11.1 Å². The molecule has 5 nitrogen and oxygen atoms in total. The van der Waals surface area contributed by atoms with Crippen LogP contribution in [0.4, 0.5) is 5.82 Å². The Kier molecular flexibility index (Phi) is 4.05. The molecule has 1 aliphatic carbocycles. The predicted octanol–water partition coefficient (Wildman–Crippen LogP) is 4.76. The van der Waals surface area contributed by atoms with Crippen LogP contribution in [0.15, 0.2) is 54.6 Å². The van der Waals surface area contributed by atoms with Crippen LogP contribution in [0.25, 0.3) is 11.3 Å². The fraction of sp³-hybridized carbons (Fsp3) is 0.250. The van der Waals surface area contributed by atoms with Gasteiger partial charge >= 0.3 is 0 Å². The van der Waals surface area contributed by atoms with Gasteiger partial charge in [-0.05, 0) is 67.6 Å². The Morgan fingerprint density at radius 1 is 1.00 bits per heavy atom. The second-order valence-corrected chi connectivity index (χ2v) is 7.76. The molecule has 1 fully saturated rings. The first-order valence-corrected chi connectivity index (χ1v) is 9.82. The number of nitrogens with one attached hydrogen (secondary N) is 1. The Bertz CT molecular complexity index is 1120. The molecule has 1 amide bonds. The number of carbonyl (C=O) groups excluding carboxylic acids is 1. The average Bonchev–Trinajstić information content (AvgIpc) is 3.41. The minimum atomic E-state index is -0.516. The summed E-state index contributed by atoms with van der Waals surface area (Å²) in [6.07, 6.45) is 1.63. The van der Waals surface area contributed by atoms with E-state index < -0.39 is 5.41 Å². The lowest BCUT2D eigenvalue weighted by molar-refractivity contribution is -0.118. The molecule has 5 heteroatoms. The Morgan fingerprint density at radius 2 is 1.79 bits per heavy atom. The first-order chi connectivity index (χ1) is 14.1. The Hall–Kier alpha value is -3.34. The molecule has 0 spiro atoms. The SMILES string of the molecule is Cc1cccc(-c2cccc(NC(=O)C3(c4ccc5c(c4)OCO5)CC3)n2)c1C. The van der Waals surface area contributed by atoms with Crippen molar-refractivity contribution in [1.29, 1.82) is 0 Å². The van der Waals surface area contributed by atoms with E-state index in [4.69, 9.17) is 14.5 Å². The zero-order valence-corrected chi connectivity index (χ0v) is 16.5. The van der Waals surface area contributed by atoms with E-state index in [0.717, 1.165) is 35.4 Å². The second kappa shape index (κ2) is 6.62. The Balaban J connectivity index is 1.41. The zero-order valence-electron chi connectivity index (χ0n) is 16.5. The van der Waals surface area contributed by atoms with Gasteiger partial charge in [-0.3, -0.25) is 4.79 Å². The van der Waals surface area contributed by atoms with Crippen molar-refractivity contribution < 1.29 is 14.3 Å². The smallest absolute Gasteiger partial charge is 0.236 e. The highest BCUT2D eigenvalue weighted by Gasteiger charge is 2.51. The molecule has 0 unspecified atom stereocenters. The maximum atomic E-state index is 13.1. The van der Waals surface area contributed by atoms with Crippen molar-refractivity contribution >= 4 is 11.7 Å². The van der Waals surface area contributed by atoms with Crippen molar-refractivity contribution in [3.8, 4) is 22.8 Å². The van der Waals surface area contributed by atoms with Crippen molar-refractivity contribution in [1.82, 2.24) is 4.98 Å². The highest BCUT2D eigenvalue weighted by molar-refractivity contribution is 6.01. The quantitative estimate of drug-likeness (QED) is 0.702. The molecule has 1 saturated carbocycles. The summed E-state index contributed by atoms with van der Waals surface area (Å²) in [6.45, 7) is 4.41. The molecule has 29 heavy (non-hydrogen) atoms. The molecule has 1 aliphatic heterocycles. The van der Waals surface area contributed by atoms with Crippen LogP contribution in [-0.4, -0.2) is 17.7 Å². The van der Waals surface area contributed by atoms with Gasteiger partial charge in [0.25, 0.3) is 0 Å². The molecule has 0 saturated heterocycles. The highest BCUT2D eigenvalue weighted by Crippen LogP contribution is 2.51. The molecule has 0 atom stereocenters. The van der Waals surface area contributed by atoms with Gasteiger partial charge in [0.05, 0.1) is 11.1 Å². The predicted molar refractivity (Wildman–Crippen MR) is 111 cm³/mol. The van der Waals surface area contributed by atoms with E-state index in [2.05, 4.69) is 31.3 Å². The van der Waals surface area contributed by atoms with Crippen LogP contribution >= 0.6 is 0 Å². The maximum absolute atomic E-state index is 13.1. The number of rotatable bonds is 4. The van der Waals surface area contributed by atoms with E-state index >= 15 is 0 Å². The number of anilines is 1. The van der Waals surface area contributed by atoms with Crippen molar-refractivity contribution in [2.75, 3.05) is 12.1 Å². The van der Waals surface area contributed by atoms with Crippen LogP contribution < -0.4 is 14.8 Å². The van der Waals surface area contributed by atoms with Gasteiger partial charge in [0.1, 0.15) is 5.82 Å². The Labute approximate surface area is 169 Å². The molecule has 2 aromatic carbocycles. The van der Waals surface area contributed by atoms with E-state index in [1.54, 1.807) is 0 Å². The number of carbonyl (C=O) groups is 1. The summed E-state index contributed by atoms with van der Waals surface area (Å²) < 4.78 is 10.9. The van der Waals surface area contributed by atoms with Gasteiger partial charge in [0, 0.05) is 5.56 Å². The third-order valence-electron chi connectivity index (χ3n) is 5.98. The standard InChI is InChI=1S/C24H22N2O3/c1-15-5-3-6-18(16(15)2)19-7-4-8-22(25-19)26-23(27)24(11-12-24)17-9-10-20-21(13-17)29-14-28-20/h3-10,13H,11-12,14H2,1-2H3,(H,25,26,27).